The SMILES string of the molecule is CCOC(=O)C1=C(CN(C)Cc2cnn(C)c2C)N(CC)C(=O)N[C@H]1c1ccccc1. The number of benzene rings is 1. The van der Waals surface area contributed by atoms with Crippen LogP contribution in [-0.2, 0) is 23.1 Å². The first kappa shape index (κ1) is 22.6. The number of esters is 1. The Kier molecular flexibility index (Phi) is 7.12. The molecule has 2 amide bonds. The minimum atomic E-state index is -0.556. The number of amides is 2. The number of aryl methyl sites for hydroxylation is 1. The molecule has 8 heteroatoms. The molecule has 1 atom stereocenters. The Morgan fingerprint density at radius 3 is 2.52 bits per heavy atom. The van der Waals surface area contributed by atoms with Gasteiger partial charge < -0.3 is 10.1 Å². The molecule has 31 heavy (non-hydrogen) atoms. The van der Waals surface area contributed by atoms with Crippen LogP contribution in [0.3, 0.4) is 0 Å². The second-order valence-corrected chi connectivity index (χ2v) is 7.67. The number of urea groups is 1. The summed E-state index contributed by atoms with van der Waals surface area (Å²) in [7, 11) is 3.88. The van der Waals surface area contributed by atoms with Gasteiger partial charge in [0.2, 0.25) is 0 Å². The van der Waals surface area contributed by atoms with E-state index in [2.05, 4.69) is 15.3 Å². The second-order valence-electron chi connectivity index (χ2n) is 7.67. The van der Waals surface area contributed by atoms with Gasteiger partial charge in [0.25, 0.3) is 0 Å². The third kappa shape index (κ3) is 4.80. The molecule has 0 radical (unpaired) electrons. The summed E-state index contributed by atoms with van der Waals surface area (Å²) in [5.74, 6) is -0.407. The predicted molar refractivity (Wildman–Crippen MR) is 118 cm³/mol. The summed E-state index contributed by atoms with van der Waals surface area (Å²) in [4.78, 5) is 29.7. The highest BCUT2D eigenvalue weighted by Gasteiger charge is 2.37. The quantitative estimate of drug-likeness (QED) is 0.658. The summed E-state index contributed by atoms with van der Waals surface area (Å²) in [6, 6.07) is 8.74. The van der Waals surface area contributed by atoms with Crippen LogP contribution in [0.4, 0.5) is 4.79 Å². The largest absolute Gasteiger partial charge is 0.463 e. The molecule has 0 spiro atoms. The Morgan fingerprint density at radius 1 is 1.23 bits per heavy atom. The highest BCUT2D eigenvalue weighted by molar-refractivity contribution is 5.95. The second kappa shape index (κ2) is 9.78. The van der Waals surface area contributed by atoms with Gasteiger partial charge in [-0.3, -0.25) is 14.5 Å². The summed E-state index contributed by atoms with van der Waals surface area (Å²) in [5.41, 5.74) is 4.18. The van der Waals surface area contributed by atoms with Gasteiger partial charge >= 0.3 is 12.0 Å². The number of carbonyl (C=O) groups excluding carboxylic acids is 2. The Balaban J connectivity index is 2.02. The zero-order valence-corrected chi connectivity index (χ0v) is 18.9. The molecular weight excluding hydrogens is 394 g/mol. The lowest BCUT2D eigenvalue weighted by molar-refractivity contribution is -0.139. The van der Waals surface area contributed by atoms with E-state index in [1.807, 2.05) is 69.2 Å². The number of nitrogens with zero attached hydrogens (tertiary/aromatic N) is 4. The average Bonchev–Trinajstić information content (AvgIpc) is 3.06. The number of rotatable bonds is 8. The van der Waals surface area contributed by atoms with E-state index in [1.165, 1.54) is 0 Å². The first-order valence-electron chi connectivity index (χ1n) is 10.6. The molecule has 1 aliphatic heterocycles. The van der Waals surface area contributed by atoms with E-state index < -0.39 is 12.0 Å². The Morgan fingerprint density at radius 2 is 1.94 bits per heavy atom. The van der Waals surface area contributed by atoms with Crippen LogP contribution in [0.2, 0.25) is 0 Å². The third-order valence-corrected chi connectivity index (χ3v) is 5.58. The highest BCUT2D eigenvalue weighted by atomic mass is 16.5. The molecule has 8 nitrogen and oxygen atoms in total. The Hall–Kier alpha value is -3.13. The normalized spacial score (nSPS) is 16.6. The smallest absolute Gasteiger partial charge is 0.338 e. The van der Waals surface area contributed by atoms with Crippen molar-refractivity contribution in [3.63, 3.8) is 0 Å². The Bertz CT molecular complexity index is 967. The lowest BCUT2D eigenvalue weighted by Gasteiger charge is -2.37. The maximum atomic E-state index is 13.1. The molecule has 3 rings (SSSR count). The predicted octanol–water partition coefficient (Wildman–Crippen LogP) is 2.76. The average molecular weight is 426 g/mol. The van der Waals surface area contributed by atoms with E-state index in [9.17, 15) is 9.59 Å². The first-order chi connectivity index (χ1) is 14.9. The van der Waals surface area contributed by atoms with E-state index in [1.54, 1.807) is 11.8 Å². The fraction of sp³-hybridized carbons (Fsp3) is 0.435. The van der Waals surface area contributed by atoms with Crippen molar-refractivity contribution in [2.45, 2.75) is 33.4 Å². The molecule has 0 unspecified atom stereocenters. The summed E-state index contributed by atoms with van der Waals surface area (Å²) >= 11 is 0. The molecule has 1 aromatic heterocycles. The van der Waals surface area contributed by atoms with Gasteiger partial charge in [-0.05, 0) is 33.4 Å². The number of hydrogen-bond donors (Lipinski definition) is 1. The van der Waals surface area contributed by atoms with Crippen molar-refractivity contribution < 1.29 is 14.3 Å². The van der Waals surface area contributed by atoms with Gasteiger partial charge in [0.15, 0.2) is 0 Å². The molecular formula is C23H31N5O3. The molecule has 0 aliphatic carbocycles. The highest BCUT2D eigenvalue weighted by Crippen LogP contribution is 2.32. The lowest BCUT2D eigenvalue weighted by atomic mass is 9.94. The first-order valence-corrected chi connectivity index (χ1v) is 10.6. The molecule has 0 saturated carbocycles. The fourth-order valence-electron chi connectivity index (χ4n) is 3.85. The van der Waals surface area contributed by atoms with Gasteiger partial charge in [-0.2, -0.15) is 5.10 Å². The van der Waals surface area contributed by atoms with Crippen molar-refractivity contribution in [3.8, 4) is 0 Å². The number of nitrogens with one attached hydrogen (secondary N) is 1. The number of carbonyl (C=O) groups is 2. The minimum Gasteiger partial charge on any atom is -0.463 e. The number of ether oxygens (including phenoxy) is 1. The van der Waals surface area contributed by atoms with E-state index in [0.29, 0.717) is 30.9 Å². The van der Waals surface area contributed by atoms with Gasteiger partial charge in [-0.25, -0.2) is 9.59 Å². The zero-order valence-electron chi connectivity index (χ0n) is 18.9. The van der Waals surface area contributed by atoms with Crippen LogP contribution in [0.5, 0.6) is 0 Å². The van der Waals surface area contributed by atoms with Crippen LogP contribution in [0.25, 0.3) is 0 Å². The number of aromatic nitrogens is 2. The van der Waals surface area contributed by atoms with Crippen molar-refractivity contribution in [1.29, 1.82) is 0 Å². The summed E-state index contributed by atoms with van der Waals surface area (Å²) in [6.07, 6.45) is 1.85. The number of likely N-dealkylation sites (N-methyl/N-ethyl adjacent to an activating group) is 2. The molecule has 2 aromatic rings. The van der Waals surface area contributed by atoms with Crippen LogP contribution in [-0.4, -0.2) is 58.3 Å². The summed E-state index contributed by atoms with van der Waals surface area (Å²) in [5, 5.41) is 7.29. The van der Waals surface area contributed by atoms with Crippen molar-refractivity contribution in [2.24, 2.45) is 7.05 Å². The van der Waals surface area contributed by atoms with Crippen LogP contribution < -0.4 is 5.32 Å². The summed E-state index contributed by atoms with van der Waals surface area (Å²) in [6.45, 7) is 7.49. The van der Waals surface area contributed by atoms with Crippen LogP contribution in [0, 0.1) is 6.92 Å². The monoisotopic (exact) mass is 425 g/mol. The van der Waals surface area contributed by atoms with Crippen molar-refractivity contribution in [2.75, 3.05) is 26.7 Å². The van der Waals surface area contributed by atoms with Crippen LogP contribution in [0.1, 0.15) is 36.7 Å². The minimum absolute atomic E-state index is 0.217. The molecule has 0 fully saturated rings. The molecule has 0 bridgehead atoms. The third-order valence-electron chi connectivity index (χ3n) is 5.58. The van der Waals surface area contributed by atoms with Gasteiger partial charge in [0.05, 0.1) is 24.4 Å². The van der Waals surface area contributed by atoms with Crippen molar-refractivity contribution in [3.05, 3.63) is 64.6 Å². The molecule has 166 valence electrons. The summed E-state index contributed by atoms with van der Waals surface area (Å²) < 4.78 is 7.24. The topological polar surface area (TPSA) is 79.7 Å². The molecule has 2 heterocycles. The molecule has 1 N–H and O–H groups in total. The van der Waals surface area contributed by atoms with E-state index in [0.717, 1.165) is 16.8 Å². The standard InChI is InChI=1S/C23H31N5O3/c1-6-28-19(15-26(4)14-18-13-24-27(5)16(18)3)20(22(29)31-7-2)21(25-23(28)30)17-11-9-8-10-12-17/h8-13,21H,6-7,14-15H2,1-5H3,(H,25,30)/t21-/m0/s1. The van der Waals surface area contributed by atoms with Crippen LogP contribution in [0.15, 0.2) is 47.8 Å². The van der Waals surface area contributed by atoms with E-state index in [-0.39, 0.29) is 12.6 Å². The maximum absolute atomic E-state index is 13.1. The van der Waals surface area contributed by atoms with Gasteiger partial charge in [-0.15, -0.1) is 0 Å². The zero-order chi connectivity index (χ0) is 22.5. The van der Waals surface area contributed by atoms with Gasteiger partial charge in [0.1, 0.15) is 0 Å². The Labute approximate surface area is 183 Å². The van der Waals surface area contributed by atoms with Crippen LogP contribution >= 0.6 is 0 Å². The van der Waals surface area contributed by atoms with E-state index in [4.69, 9.17) is 4.74 Å². The fourth-order valence-corrected chi connectivity index (χ4v) is 3.85. The maximum Gasteiger partial charge on any atom is 0.338 e. The molecule has 0 saturated heterocycles. The molecule has 1 aromatic carbocycles. The van der Waals surface area contributed by atoms with Crippen molar-refractivity contribution >= 4 is 12.0 Å². The van der Waals surface area contributed by atoms with Gasteiger partial charge in [0, 0.05) is 43.6 Å². The van der Waals surface area contributed by atoms with E-state index >= 15 is 0 Å². The van der Waals surface area contributed by atoms with Crippen molar-refractivity contribution in [1.82, 2.24) is 24.9 Å². The number of hydrogen-bond acceptors (Lipinski definition) is 5. The lowest BCUT2D eigenvalue weighted by Crippen LogP contribution is -2.50. The molecule has 1 aliphatic rings. The van der Waals surface area contributed by atoms with Gasteiger partial charge in [-0.1, -0.05) is 30.3 Å².